The summed E-state index contributed by atoms with van der Waals surface area (Å²) in [6.45, 7) is 4.64. The molecule has 5 nitrogen and oxygen atoms in total. The lowest BCUT2D eigenvalue weighted by molar-refractivity contribution is -0.191. The van der Waals surface area contributed by atoms with Crippen molar-refractivity contribution in [1.29, 1.82) is 0 Å². The molecule has 1 aromatic carbocycles. The summed E-state index contributed by atoms with van der Waals surface area (Å²) >= 11 is 0. The molecule has 1 saturated heterocycles. The summed E-state index contributed by atoms with van der Waals surface area (Å²) in [5.41, 5.74) is 1.95. The number of nitrogens with one attached hydrogen (secondary N) is 1. The number of aromatic amines is 1. The molecule has 3 rings (SSSR count). The average molecular weight is 302 g/mol. The van der Waals surface area contributed by atoms with Gasteiger partial charge in [0.05, 0.1) is 6.61 Å². The van der Waals surface area contributed by atoms with Gasteiger partial charge in [0.1, 0.15) is 12.1 Å². The van der Waals surface area contributed by atoms with Crippen LogP contribution in [0.4, 0.5) is 0 Å². The van der Waals surface area contributed by atoms with E-state index in [4.69, 9.17) is 9.47 Å². The second-order valence-corrected chi connectivity index (χ2v) is 6.02. The van der Waals surface area contributed by atoms with Crippen molar-refractivity contribution in [2.45, 2.75) is 38.3 Å². The molecule has 0 saturated carbocycles. The van der Waals surface area contributed by atoms with E-state index in [2.05, 4.69) is 4.98 Å². The zero-order chi connectivity index (χ0) is 15.6. The average Bonchev–Trinajstić information content (AvgIpc) is 3.11. The molecule has 0 unspecified atom stereocenters. The van der Waals surface area contributed by atoms with E-state index in [0.29, 0.717) is 13.2 Å². The summed E-state index contributed by atoms with van der Waals surface area (Å²) in [5, 5.41) is 12.0. The van der Waals surface area contributed by atoms with Gasteiger partial charge in [0.2, 0.25) is 0 Å². The minimum absolute atomic E-state index is 0.234. The van der Waals surface area contributed by atoms with Crippen molar-refractivity contribution in [2.24, 2.45) is 0 Å². The Bertz CT molecular complexity index is 583. The van der Waals surface area contributed by atoms with Crippen LogP contribution in [0.1, 0.15) is 31.1 Å². The molecule has 1 aliphatic rings. The van der Waals surface area contributed by atoms with Crippen molar-refractivity contribution in [3.05, 3.63) is 59.9 Å². The summed E-state index contributed by atoms with van der Waals surface area (Å²) in [6.07, 6.45) is 1.61. The summed E-state index contributed by atoms with van der Waals surface area (Å²) in [6, 6.07) is 13.4. The highest BCUT2D eigenvalue weighted by Crippen LogP contribution is 2.33. The monoisotopic (exact) mass is 302 g/mol. The molecule has 0 spiro atoms. The molecule has 1 aliphatic heterocycles. The predicted molar refractivity (Wildman–Crippen MR) is 82.2 cm³/mol. The summed E-state index contributed by atoms with van der Waals surface area (Å²) in [7, 11) is 0. The van der Waals surface area contributed by atoms with Crippen molar-refractivity contribution in [1.82, 2.24) is 10.0 Å². The summed E-state index contributed by atoms with van der Waals surface area (Å²) < 4.78 is 11.6. The van der Waals surface area contributed by atoms with Gasteiger partial charge < -0.3 is 19.7 Å². The maximum absolute atomic E-state index is 10.6. The lowest BCUT2D eigenvalue weighted by atomic mass is 10.1. The van der Waals surface area contributed by atoms with Crippen molar-refractivity contribution >= 4 is 0 Å². The number of benzene rings is 1. The molecule has 2 N–H and O–H groups in total. The third-order valence-electron chi connectivity index (χ3n) is 3.83. The van der Waals surface area contributed by atoms with Crippen LogP contribution in [0.3, 0.4) is 0 Å². The first-order chi connectivity index (χ1) is 10.6. The van der Waals surface area contributed by atoms with E-state index < -0.39 is 5.79 Å². The Morgan fingerprint density at radius 3 is 2.64 bits per heavy atom. The minimum atomic E-state index is -0.622. The number of nitrogens with zero attached hydrogens (tertiary/aromatic N) is 1. The van der Waals surface area contributed by atoms with Gasteiger partial charge in [-0.15, -0.1) is 0 Å². The molecule has 118 valence electrons. The fourth-order valence-corrected chi connectivity index (χ4v) is 2.82. The van der Waals surface area contributed by atoms with Crippen molar-refractivity contribution in [3.63, 3.8) is 0 Å². The molecule has 0 amide bonds. The number of rotatable bonds is 5. The second-order valence-electron chi connectivity index (χ2n) is 6.02. The van der Waals surface area contributed by atoms with E-state index in [0.717, 1.165) is 11.3 Å². The molecule has 2 aromatic rings. The highest BCUT2D eigenvalue weighted by Gasteiger charge is 2.40. The number of hydroxylamine groups is 2. The van der Waals surface area contributed by atoms with E-state index in [9.17, 15) is 5.21 Å². The number of H-pyrrole nitrogens is 1. The fourth-order valence-electron chi connectivity index (χ4n) is 2.82. The van der Waals surface area contributed by atoms with Crippen LogP contribution in [-0.2, 0) is 16.0 Å². The number of hydrogen-bond acceptors (Lipinski definition) is 4. The van der Waals surface area contributed by atoms with Crippen LogP contribution < -0.4 is 0 Å². The quantitative estimate of drug-likeness (QED) is 0.833. The lowest BCUT2D eigenvalue weighted by Gasteiger charge is -2.30. The Kier molecular flexibility index (Phi) is 4.31. The maximum atomic E-state index is 10.6. The summed E-state index contributed by atoms with van der Waals surface area (Å²) in [4.78, 5) is 3.17. The van der Waals surface area contributed by atoms with E-state index in [1.165, 1.54) is 5.06 Å². The lowest BCUT2D eigenvalue weighted by Crippen LogP contribution is -2.36. The molecule has 0 radical (unpaired) electrons. The first-order valence-electron chi connectivity index (χ1n) is 7.50. The van der Waals surface area contributed by atoms with Crippen LogP contribution in [0.15, 0.2) is 48.7 Å². The first kappa shape index (κ1) is 15.2. The minimum Gasteiger partial charge on any atom is -0.364 e. The van der Waals surface area contributed by atoms with Crippen molar-refractivity contribution in [2.75, 3.05) is 6.61 Å². The third kappa shape index (κ3) is 3.39. The molecular formula is C17H22N2O3. The zero-order valence-corrected chi connectivity index (χ0v) is 12.9. The Balaban J connectivity index is 1.80. The van der Waals surface area contributed by atoms with Crippen LogP contribution in [0.25, 0.3) is 0 Å². The van der Waals surface area contributed by atoms with Gasteiger partial charge in [-0.3, -0.25) is 0 Å². The van der Waals surface area contributed by atoms with Gasteiger partial charge in [-0.05, 0) is 31.5 Å². The molecule has 5 heteroatoms. The maximum Gasteiger partial charge on any atom is 0.163 e. The molecule has 1 fully saturated rings. The normalized spacial score (nSPS) is 22.1. The Labute approximate surface area is 130 Å². The van der Waals surface area contributed by atoms with Gasteiger partial charge in [-0.2, -0.15) is 5.06 Å². The van der Waals surface area contributed by atoms with Crippen LogP contribution in [0, 0.1) is 0 Å². The molecular weight excluding hydrogens is 280 g/mol. The largest absolute Gasteiger partial charge is 0.364 e. The van der Waals surface area contributed by atoms with Gasteiger partial charge in [-0.1, -0.05) is 30.3 Å². The Morgan fingerprint density at radius 2 is 2.05 bits per heavy atom. The second kappa shape index (κ2) is 6.22. The van der Waals surface area contributed by atoms with Crippen molar-refractivity contribution < 1.29 is 14.7 Å². The van der Waals surface area contributed by atoms with Crippen LogP contribution >= 0.6 is 0 Å². The van der Waals surface area contributed by atoms with Crippen LogP contribution in [0.2, 0.25) is 0 Å². The molecule has 0 bridgehead atoms. The molecule has 22 heavy (non-hydrogen) atoms. The zero-order valence-electron chi connectivity index (χ0n) is 12.9. The molecule has 0 aliphatic carbocycles. The van der Waals surface area contributed by atoms with E-state index in [1.807, 2.05) is 62.5 Å². The van der Waals surface area contributed by atoms with E-state index in [-0.39, 0.29) is 12.1 Å². The highest BCUT2D eigenvalue weighted by atomic mass is 16.7. The van der Waals surface area contributed by atoms with Gasteiger partial charge >= 0.3 is 0 Å². The molecule has 2 atom stereocenters. The van der Waals surface area contributed by atoms with E-state index >= 15 is 0 Å². The topological polar surface area (TPSA) is 57.7 Å². The third-order valence-corrected chi connectivity index (χ3v) is 3.83. The SMILES string of the molecule is CC1(C)OC[C@H]([C@H](c2ccc[nH]2)N(O)Cc2ccccc2)O1. The highest BCUT2D eigenvalue weighted by molar-refractivity contribution is 5.16. The Morgan fingerprint density at radius 1 is 1.27 bits per heavy atom. The smallest absolute Gasteiger partial charge is 0.163 e. The van der Waals surface area contributed by atoms with Gasteiger partial charge in [0, 0.05) is 18.4 Å². The Hall–Kier alpha value is -1.66. The molecule has 2 heterocycles. The van der Waals surface area contributed by atoms with Gasteiger partial charge in [0.15, 0.2) is 5.79 Å². The number of hydrogen-bond donors (Lipinski definition) is 2. The van der Waals surface area contributed by atoms with Gasteiger partial charge in [0.25, 0.3) is 0 Å². The summed E-state index contributed by atoms with van der Waals surface area (Å²) in [5.74, 6) is -0.622. The first-order valence-corrected chi connectivity index (χ1v) is 7.50. The van der Waals surface area contributed by atoms with Crippen LogP contribution in [-0.4, -0.2) is 33.8 Å². The standard InChI is InChI=1S/C17H22N2O3/c1-17(2)21-12-15(22-17)16(14-9-6-10-18-14)19(20)11-13-7-4-3-5-8-13/h3-10,15-16,18,20H,11-12H2,1-2H3/t15-,16+/m1/s1. The molecule has 1 aromatic heterocycles. The number of ether oxygens (including phenoxy) is 2. The van der Waals surface area contributed by atoms with Gasteiger partial charge in [-0.25, -0.2) is 0 Å². The fraction of sp³-hybridized carbons (Fsp3) is 0.412. The van der Waals surface area contributed by atoms with Crippen molar-refractivity contribution in [3.8, 4) is 0 Å². The number of aromatic nitrogens is 1. The predicted octanol–water partition coefficient (Wildman–Crippen LogP) is 3.10. The van der Waals surface area contributed by atoms with Crippen LogP contribution in [0.5, 0.6) is 0 Å². The van der Waals surface area contributed by atoms with E-state index in [1.54, 1.807) is 0 Å².